The van der Waals surface area contributed by atoms with Crippen molar-refractivity contribution < 1.29 is 44.6 Å². The third kappa shape index (κ3) is 4.43. The third-order valence-corrected chi connectivity index (χ3v) is 2.93. The van der Waals surface area contributed by atoms with E-state index in [2.05, 4.69) is 4.98 Å². The first kappa shape index (κ1) is 16.6. The smallest absolute Gasteiger partial charge is 0.550 e. The van der Waals surface area contributed by atoms with Crippen molar-refractivity contribution in [3.05, 3.63) is 18.2 Å². The standard InChI is InChI=1S/C11H18N2O3.Na/c1-3-10(11(15)16)8(6-14)4-9-5-12-7-13(9)2;/h5,7-8,10,14H,3-4,6H2,1-2H3,(H,15,16);/q;+1/p-1/t8-,10-;/m0./s1. The van der Waals surface area contributed by atoms with Crippen molar-refractivity contribution >= 4 is 5.97 Å². The maximum absolute atomic E-state index is 10.9. The van der Waals surface area contributed by atoms with Gasteiger partial charge in [-0.2, -0.15) is 0 Å². The molecule has 0 amide bonds. The van der Waals surface area contributed by atoms with Crippen LogP contribution >= 0.6 is 0 Å². The summed E-state index contributed by atoms with van der Waals surface area (Å²) in [5, 5.41) is 20.1. The number of aliphatic hydroxyl groups is 1. The number of carboxylic acids is 1. The summed E-state index contributed by atoms with van der Waals surface area (Å²) in [5.74, 6) is -2.02. The van der Waals surface area contributed by atoms with Crippen LogP contribution < -0.4 is 34.7 Å². The van der Waals surface area contributed by atoms with Crippen LogP contribution in [0.15, 0.2) is 12.5 Å². The van der Waals surface area contributed by atoms with Crippen LogP contribution in [-0.2, 0) is 18.3 Å². The van der Waals surface area contributed by atoms with Gasteiger partial charge in [0.25, 0.3) is 0 Å². The molecule has 0 spiro atoms. The Morgan fingerprint density at radius 2 is 2.29 bits per heavy atom. The number of nitrogens with zero attached hydrogens (tertiary/aromatic N) is 2. The minimum absolute atomic E-state index is 0. The number of rotatable bonds is 6. The molecule has 1 N–H and O–H groups in total. The second-order valence-corrected chi connectivity index (χ2v) is 3.98. The van der Waals surface area contributed by atoms with Crippen LogP contribution in [0.2, 0.25) is 0 Å². The fourth-order valence-corrected chi connectivity index (χ4v) is 1.88. The largest absolute Gasteiger partial charge is 1.00 e. The molecule has 0 aromatic carbocycles. The molecule has 0 unspecified atom stereocenters. The van der Waals surface area contributed by atoms with Gasteiger partial charge in [-0.15, -0.1) is 0 Å². The molecule has 0 saturated carbocycles. The number of aliphatic carboxylic acids is 1. The average molecular weight is 248 g/mol. The number of aliphatic hydroxyl groups excluding tert-OH is 1. The molecule has 0 aliphatic rings. The Balaban J connectivity index is 0.00000256. The molecule has 2 atom stereocenters. The van der Waals surface area contributed by atoms with Gasteiger partial charge in [0.1, 0.15) is 0 Å². The Bertz CT molecular complexity index is 354. The maximum Gasteiger partial charge on any atom is 1.00 e. The van der Waals surface area contributed by atoms with Gasteiger partial charge in [-0.3, -0.25) is 0 Å². The molecule has 90 valence electrons. The van der Waals surface area contributed by atoms with Crippen molar-refractivity contribution in [2.75, 3.05) is 6.61 Å². The van der Waals surface area contributed by atoms with Crippen LogP contribution in [0.25, 0.3) is 0 Å². The molecule has 0 fully saturated rings. The molecule has 1 heterocycles. The van der Waals surface area contributed by atoms with Gasteiger partial charge in [-0.1, -0.05) is 6.92 Å². The van der Waals surface area contributed by atoms with Crippen LogP contribution in [-0.4, -0.2) is 27.2 Å². The summed E-state index contributed by atoms with van der Waals surface area (Å²) < 4.78 is 1.82. The van der Waals surface area contributed by atoms with Crippen LogP contribution in [0.1, 0.15) is 19.0 Å². The molecule has 17 heavy (non-hydrogen) atoms. The fourth-order valence-electron chi connectivity index (χ4n) is 1.88. The van der Waals surface area contributed by atoms with E-state index in [9.17, 15) is 15.0 Å². The van der Waals surface area contributed by atoms with Gasteiger partial charge < -0.3 is 19.6 Å². The molecule has 0 saturated heterocycles. The molecule has 5 nitrogen and oxygen atoms in total. The van der Waals surface area contributed by atoms with Crippen molar-refractivity contribution in [1.82, 2.24) is 9.55 Å². The second-order valence-electron chi connectivity index (χ2n) is 3.98. The van der Waals surface area contributed by atoms with E-state index in [1.165, 1.54) is 0 Å². The zero-order valence-corrected chi connectivity index (χ0v) is 12.6. The average Bonchev–Trinajstić information content (AvgIpc) is 2.63. The van der Waals surface area contributed by atoms with Crippen molar-refractivity contribution in [3.63, 3.8) is 0 Å². The number of aromatic nitrogens is 2. The summed E-state index contributed by atoms with van der Waals surface area (Å²) in [7, 11) is 1.84. The Morgan fingerprint density at radius 3 is 2.65 bits per heavy atom. The molecule has 1 aromatic heterocycles. The van der Waals surface area contributed by atoms with E-state index in [4.69, 9.17) is 0 Å². The SMILES string of the molecule is CC[C@H](C(=O)[O-])[C@H](CO)Cc1cncn1C.[Na+]. The number of imidazole rings is 1. The van der Waals surface area contributed by atoms with Gasteiger partial charge in [0.15, 0.2) is 0 Å². The molecular weight excluding hydrogens is 231 g/mol. The normalized spacial score (nSPS) is 13.8. The number of carbonyl (C=O) groups is 1. The summed E-state index contributed by atoms with van der Waals surface area (Å²) in [6.45, 7) is 1.63. The Labute approximate surface area is 123 Å². The van der Waals surface area contributed by atoms with Gasteiger partial charge >= 0.3 is 29.6 Å². The number of carboxylic acid groups (broad SMARTS) is 1. The zero-order chi connectivity index (χ0) is 12.1. The summed E-state index contributed by atoms with van der Waals surface area (Å²) in [4.78, 5) is 14.9. The van der Waals surface area contributed by atoms with Gasteiger partial charge in [0.2, 0.25) is 0 Å². The Morgan fingerprint density at radius 1 is 1.65 bits per heavy atom. The van der Waals surface area contributed by atoms with Gasteiger partial charge in [-0.25, -0.2) is 4.98 Å². The van der Waals surface area contributed by atoms with Gasteiger partial charge in [0, 0.05) is 37.4 Å². The van der Waals surface area contributed by atoms with Crippen molar-refractivity contribution in [3.8, 4) is 0 Å². The monoisotopic (exact) mass is 248 g/mol. The predicted octanol–water partition coefficient (Wildman–Crippen LogP) is -3.65. The van der Waals surface area contributed by atoms with E-state index >= 15 is 0 Å². The first-order valence-corrected chi connectivity index (χ1v) is 5.37. The number of aryl methyl sites for hydroxylation is 1. The van der Waals surface area contributed by atoms with E-state index in [-0.39, 0.29) is 42.1 Å². The van der Waals surface area contributed by atoms with Gasteiger partial charge in [-0.05, 0) is 18.8 Å². The molecule has 0 aliphatic heterocycles. The molecule has 0 aliphatic carbocycles. The number of hydrogen-bond acceptors (Lipinski definition) is 4. The van der Waals surface area contributed by atoms with Crippen molar-refractivity contribution in [1.29, 1.82) is 0 Å². The van der Waals surface area contributed by atoms with Gasteiger partial charge in [0.05, 0.1) is 6.33 Å². The van der Waals surface area contributed by atoms with Crippen LogP contribution in [0.5, 0.6) is 0 Å². The Hall–Kier alpha value is -0.360. The first-order chi connectivity index (χ1) is 7.60. The first-order valence-electron chi connectivity index (χ1n) is 5.37. The molecule has 0 bridgehead atoms. The predicted molar refractivity (Wildman–Crippen MR) is 56.3 cm³/mol. The topological polar surface area (TPSA) is 78.2 Å². The fraction of sp³-hybridized carbons (Fsp3) is 0.636. The molecular formula is C11H17N2NaO3. The molecule has 0 radical (unpaired) electrons. The maximum atomic E-state index is 10.9. The minimum atomic E-state index is -1.09. The van der Waals surface area contributed by atoms with E-state index in [0.717, 1.165) is 5.69 Å². The summed E-state index contributed by atoms with van der Waals surface area (Å²) in [6, 6.07) is 0. The van der Waals surface area contributed by atoms with E-state index in [1.807, 2.05) is 11.6 Å². The van der Waals surface area contributed by atoms with Crippen LogP contribution in [0.3, 0.4) is 0 Å². The minimum Gasteiger partial charge on any atom is -0.550 e. The van der Waals surface area contributed by atoms with E-state index in [0.29, 0.717) is 12.8 Å². The number of hydrogen-bond donors (Lipinski definition) is 1. The summed E-state index contributed by atoms with van der Waals surface area (Å²) in [6.07, 6.45) is 4.30. The third-order valence-electron chi connectivity index (χ3n) is 2.93. The summed E-state index contributed by atoms with van der Waals surface area (Å²) >= 11 is 0. The van der Waals surface area contributed by atoms with E-state index < -0.39 is 11.9 Å². The quantitative estimate of drug-likeness (QED) is 0.527. The van der Waals surface area contributed by atoms with Crippen molar-refractivity contribution in [2.24, 2.45) is 18.9 Å². The zero-order valence-electron chi connectivity index (χ0n) is 10.6. The second kappa shape index (κ2) is 7.87. The molecule has 6 heteroatoms. The number of carbonyl (C=O) groups excluding carboxylic acids is 1. The van der Waals surface area contributed by atoms with Crippen LogP contribution in [0.4, 0.5) is 0 Å². The van der Waals surface area contributed by atoms with E-state index in [1.54, 1.807) is 19.4 Å². The van der Waals surface area contributed by atoms with Crippen LogP contribution in [0, 0.1) is 11.8 Å². The summed E-state index contributed by atoms with van der Waals surface area (Å²) in [5.41, 5.74) is 0.916. The Kier molecular flexibility index (Phi) is 7.70. The molecule has 1 aromatic rings. The van der Waals surface area contributed by atoms with Crippen molar-refractivity contribution in [2.45, 2.75) is 19.8 Å². The molecule has 1 rings (SSSR count).